The van der Waals surface area contributed by atoms with Gasteiger partial charge in [-0.2, -0.15) is 0 Å². The van der Waals surface area contributed by atoms with Crippen LogP contribution in [0.1, 0.15) is 50.5 Å². The number of rotatable bonds is 4. The number of aryl methyl sites for hydroxylation is 2. The first kappa shape index (κ1) is 14.7. The fourth-order valence-electron chi connectivity index (χ4n) is 2.68. The predicted molar refractivity (Wildman–Crippen MR) is 92.1 cm³/mol. The van der Waals surface area contributed by atoms with Crippen LogP contribution in [0.5, 0.6) is 0 Å². The van der Waals surface area contributed by atoms with Gasteiger partial charge in [-0.25, -0.2) is 15.0 Å². The molecule has 0 spiro atoms. The van der Waals surface area contributed by atoms with Gasteiger partial charge in [0, 0.05) is 22.9 Å². The minimum absolute atomic E-state index is 0.0620. The van der Waals surface area contributed by atoms with E-state index in [1.54, 1.807) is 6.20 Å². The number of aromatic nitrogens is 3. The van der Waals surface area contributed by atoms with E-state index < -0.39 is 0 Å². The molecule has 0 radical (unpaired) electrons. The van der Waals surface area contributed by atoms with E-state index in [4.69, 9.17) is 0 Å². The zero-order valence-electron chi connectivity index (χ0n) is 12.9. The Morgan fingerprint density at radius 3 is 2.87 bits per heavy atom. The third-order valence-corrected chi connectivity index (χ3v) is 5.98. The van der Waals surface area contributed by atoms with E-state index in [0.29, 0.717) is 12.5 Å². The number of carbonyl (C=O) groups is 1. The standard InChI is InChI=1S/C16H16N4OS2/c1-8-12-9(2)19-14(10-3-4-10)20-16(12)23-13(8)15(21)18-7-11-17-5-6-22-11/h5-6,10H,3-4,7H2,1-2H3,(H,18,21). The maximum atomic E-state index is 12.5. The second-order valence-corrected chi connectivity index (χ2v) is 7.76. The van der Waals surface area contributed by atoms with Crippen LogP contribution < -0.4 is 5.32 Å². The van der Waals surface area contributed by atoms with Crippen molar-refractivity contribution in [3.63, 3.8) is 0 Å². The second-order valence-electron chi connectivity index (χ2n) is 5.79. The van der Waals surface area contributed by atoms with E-state index in [-0.39, 0.29) is 5.91 Å². The number of fused-ring (bicyclic) bond motifs is 1. The Kier molecular flexibility index (Phi) is 3.61. The molecule has 23 heavy (non-hydrogen) atoms. The van der Waals surface area contributed by atoms with Gasteiger partial charge in [0.05, 0.1) is 17.1 Å². The average Bonchev–Trinajstić information content (AvgIpc) is 3.15. The largest absolute Gasteiger partial charge is 0.345 e. The summed E-state index contributed by atoms with van der Waals surface area (Å²) in [6.45, 7) is 4.44. The molecule has 118 valence electrons. The van der Waals surface area contributed by atoms with Crippen LogP contribution in [0.2, 0.25) is 0 Å². The first-order valence-corrected chi connectivity index (χ1v) is 9.27. The zero-order chi connectivity index (χ0) is 16.0. The van der Waals surface area contributed by atoms with Crippen molar-refractivity contribution < 1.29 is 4.79 Å². The monoisotopic (exact) mass is 344 g/mol. The molecule has 3 aromatic heterocycles. The van der Waals surface area contributed by atoms with Gasteiger partial charge in [0.15, 0.2) is 0 Å². The van der Waals surface area contributed by atoms with E-state index in [1.165, 1.54) is 35.5 Å². The summed E-state index contributed by atoms with van der Waals surface area (Å²) in [4.78, 5) is 27.7. The lowest BCUT2D eigenvalue weighted by Gasteiger charge is -2.03. The van der Waals surface area contributed by atoms with E-state index in [0.717, 1.165) is 37.2 Å². The molecule has 7 heteroatoms. The lowest BCUT2D eigenvalue weighted by atomic mass is 10.1. The summed E-state index contributed by atoms with van der Waals surface area (Å²) >= 11 is 3.00. The zero-order valence-corrected chi connectivity index (χ0v) is 14.6. The quantitative estimate of drug-likeness (QED) is 0.785. The van der Waals surface area contributed by atoms with Gasteiger partial charge < -0.3 is 5.32 Å². The summed E-state index contributed by atoms with van der Waals surface area (Å²) in [6, 6.07) is 0. The van der Waals surface area contributed by atoms with Crippen molar-refractivity contribution in [2.75, 3.05) is 0 Å². The highest BCUT2D eigenvalue weighted by Crippen LogP contribution is 2.40. The average molecular weight is 344 g/mol. The number of carbonyl (C=O) groups excluding carboxylic acids is 1. The van der Waals surface area contributed by atoms with Crippen LogP contribution in [0.25, 0.3) is 10.2 Å². The van der Waals surface area contributed by atoms with Gasteiger partial charge in [-0.05, 0) is 32.3 Å². The van der Waals surface area contributed by atoms with Crippen molar-refractivity contribution >= 4 is 38.8 Å². The molecule has 3 aromatic rings. The third-order valence-electron chi connectivity index (χ3n) is 4.02. The maximum Gasteiger partial charge on any atom is 0.262 e. The van der Waals surface area contributed by atoms with E-state index in [1.807, 2.05) is 19.2 Å². The lowest BCUT2D eigenvalue weighted by molar-refractivity contribution is 0.0954. The molecule has 5 nitrogen and oxygen atoms in total. The minimum atomic E-state index is -0.0620. The Labute approximate surface area is 141 Å². The Balaban J connectivity index is 1.65. The van der Waals surface area contributed by atoms with Crippen LogP contribution in [0.15, 0.2) is 11.6 Å². The second kappa shape index (κ2) is 5.65. The number of thiophene rings is 1. The molecule has 1 N–H and O–H groups in total. The van der Waals surface area contributed by atoms with Gasteiger partial charge in [-0.1, -0.05) is 0 Å². The SMILES string of the molecule is Cc1nc(C2CC2)nc2sc(C(=O)NCc3nccs3)c(C)c12. The molecule has 0 saturated heterocycles. The van der Waals surface area contributed by atoms with Gasteiger partial charge >= 0.3 is 0 Å². The van der Waals surface area contributed by atoms with Gasteiger partial charge in [-0.15, -0.1) is 22.7 Å². The summed E-state index contributed by atoms with van der Waals surface area (Å²) < 4.78 is 0. The van der Waals surface area contributed by atoms with E-state index in [9.17, 15) is 4.79 Å². The molecule has 0 atom stereocenters. The first-order chi connectivity index (χ1) is 11.1. The first-order valence-electron chi connectivity index (χ1n) is 7.57. The van der Waals surface area contributed by atoms with E-state index >= 15 is 0 Å². The number of nitrogens with zero attached hydrogens (tertiary/aromatic N) is 3. The molecule has 1 aliphatic rings. The molecule has 3 heterocycles. The van der Waals surface area contributed by atoms with Crippen LogP contribution in [-0.2, 0) is 6.54 Å². The summed E-state index contributed by atoms with van der Waals surface area (Å²) in [5.41, 5.74) is 1.95. The van der Waals surface area contributed by atoms with Crippen molar-refractivity contribution in [1.29, 1.82) is 0 Å². The molecular weight excluding hydrogens is 328 g/mol. The summed E-state index contributed by atoms with van der Waals surface area (Å²) in [7, 11) is 0. The molecule has 0 bridgehead atoms. The lowest BCUT2D eigenvalue weighted by Crippen LogP contribution is -2.22. The number of hydrogen-bond donors (Lipinski definition) is 1. The maximum absolute atomic E-state index is 12.5. The van der Waals surface area contributed by atoms with Gasteiger partial charge in [0.1, 0.15) is 15.7 Å². The molecule has 1 amide bonds. The smallest absolute Gasteiger partial charge is 0.262 e. The van der Waals surface area contributed by atoms with Crippen LogP contribution in [0.3, 0.4) is 0 Å². The molecule has 4 rings (SSSR count). The number of amides is 1. The van der Waals surface area contributed by atoms with Crippen molar-refractivity contribution in [2.45, 2.75) is 39.2 Å². The predicted octanol–water partition coefficient (Wildman–Crippen LogP) is 3.57. The van der Waals surface area contributed by atoms with Gasteiger partial charge in [0.25, 0.3) is 5.91 Å². The normalized spacial score (nSPS) is 14.3. The molecule has 0 aromatic carbocycles. The molecular formula is C16H16N4OS2. The molecule has 0 unspecified atom stereocenters. The summed E-state index contributed by atoms with van der Waals surface area (Å²) in [5, 5.41) is 6.78. The highest BCUT2D eigenvalue weighted by Gasteiger charge is 2.28. The summed E-state index contributed by atoms with van der Waals surface area (Å²) in [6.07, 6.45) is 4.10. The highest BCUT2D eigenvalue weighted by molar-refractivity contribution is 7.20. The van der Waals surface area contributed by atoms with Crippen LogP contribution in [0, 0.1) is 13.8 Å². The number of hydrogen-bond acceptors (Lipinski definition) is 6. The summed E-state index contributed by atoms with van der Waals surface area (Å²) in [5.74, 6) is 1.39. The van der Waals surface area contributed by atoms with Crippen LogP contribution >= 0.6 is 22.7 Å². The molecule has 0 aliphatic heterocycles. The fraction of sp³-hybridized carbons (Fsp3) is 0.375. The molecule has 1 saturated carbocycles. The van der Waals surface area contributed by atoms with Gasteiger partial charge in [0.2, 0.25) is 0 Å². The number of nitrogens with one attached hydrogen (secondary N) is 1. The van der Waals surface area contributed by atoms with Crippen molar-refractivity contribution in [1.82, 2.24) is 20.3 Å². The topological polar surface area (TPSA) is 67.8 Å². The van der Waals surface area contributed by atoms with Crippen molar-refractivity contribution in [3.05, 3.63) is 38.5 Å². The van der Waals surface area contributed by atoms with Crippen molar-refractivity contribution in [2.24, 2.45) is 0 Å². The van der Waals surface area contributed by atoms with Crippen LogP contribution in [-0.4, -0.2) is 20.9 Å². The molecule has 1 aliphatic carbocycles. The highest BCUT2D eigenvalue weighted by atomic mass is 32.1. The Morgan fingerprint density at radius 2 is 2.17 bits per heavy atom. The van der Waals surface area contributed by atoms with Crippen molar-refractivity contribution in [3.8, 4) is 0 Å². The Bertz CT molecular complexity index is 881. The minimum Gasteiger partial charge on any atom is -0.345 e. The molecule has 1 fully saturated rings. The van der Waals surface area contributed by atoms with E-state index in [2.05, 4.69) is 20.3 Å². The fourth-order valence-corrected chi connectivity index (χ4v) is 4.39. The van der Waals surface area contributed by atoms with Crippen LogP contribution in [0.4, 0.5) is 0 Å². The van der Waals surface area contributed by atoms with Gasteiger partial charge in [-0.3, -0.25) is 4.79 Å². The Morgan fingerprint density at radius 1 is 1.35 bits per heavy atom. The third kappa shape index (κ3) is 2.74. The number of thiazole rings is 1. The Hall–Kier alpha value is -1.86.